The average Bonchev–Trinajstić information content (AvgIpc) is 2.97. The van der Waals surface area contributed by atoms with Gasteiger partial charge in [-0.05, 0) is 18.6 Å². The van der Waals surface area contributed by atoms with Crippen LogP contribution >= 0.6 is 0 Å². The number of amides is 4. The highest BCUT2D eigenvalue weighted by molar-refractivity contribution is 6.04. The summed E-state index contributed by atoms with van der Waals surface area (Å²) >= 11 is 0. The van der Waals surface area contributed by atoms with E-state index in [1.807, 2.05) is 24.3 Å². The third-order valence-electron chi connectivity index (χ3n) is 4.56. The number of carbonyl (C=O) groups is 3. The smallest absolute Gasteiger partial charge is 0.322 e. The number of hydrogen-bond acceptors (Lipinski definition) is 5. The molecule has 1 aromatic carbocycles. The Morgan fingerprint density at radius 3 is 2.56 bits per heavy atom. The van der Waals surface area contributed by atoms with Gasteiger partial charge in [0.15, 0.2) is 0 Å². The Balaban J connectivity index is 1.49. The summed E-state index contributed by atoms with van der Waals surface area (Å²) in [7, 11) is 1.65. The molecule has 0 bridgehead atoms. The summed E-state index contributed by atoms with van der Waals surface area (Å²) in [6, 6.07) is 6.74. The summed E-state index contributed by atoms with van der Waals surface area (Å²) in [5.74, 6) is 0.470. The van der Waals surface area contributed by atoms with Crippen LogP contribution in [0, 0.1) is 0 Å². The normalized spacial score (nSPS) is 20.3. The summed E-state index contributed by atoms with van der Waals surface area (Å²) in [6.07, 6.45) is 0.566. The lowest BCUT2D eigenvalue weighted by Gasteiger charge is -2.36. The van der Waals surface area contributed by atoms with E-state index in [2.05, 4.69) is 15.5 Å². The molecule has 8 nitrogen and oxygen atoms in total. The average molecular weight is 346 g/mol. The molecule has 1 atom stereocenters. The van der Waals surface area contributed by atoms with Crippen LogP contribution in [0.1, 0.15) is 12.8 Å². The first kappa shape index (κ1) is 17.1. The number of benzene rings is 1. The van der Waals surface area contributed by atoms with Crippen molar-refractivity contribution in [2.45, 2.75) is 18.9 Å². The van der Waals surface area contributed by atoms with E-state index >= 15 is 0 Å². The summed E-state index contributed by atoms with van der Waals surface area (Å²) < 4.78 is 5.39. The Bertz CT molecular complexity index is 670. The molecule has 0 aliphatic carbocycles. The number of urea groups is 1. The van der Waals surface area contributed by atoms with Crippen molar-refractivity contribution in [2.24, 2.45) is 0 Å². The van der Waals surface area contributed by atoms with Crippen LogP contribution in [0.15, 0.2) is 24.3 Å². The second-order valence-electron chi connectivity index (χ2n) is 6.09. The van der Waals surface area contributed by atoms with Crippen LogP contribution in [-0.4, -0.2) is 62.1 Å². The van der Waals surface area contributed by atoms with Crippen molar-refractivity contribution < 1.29 is 19.1 Å². The van der Waals surface area contributed by atoms with Gasteiger partial charge in [-0.2, -0.15) is 0 Å². The van der Waals surface area contributed by atoms with Crippen LogP contribution in [0.2, 0.25) is 0 Å². The number of imide groups is 1. The van der Waals surface area contributed by atoms with Gasteiger partial charge in [0.1, 0.15) is 11.8 Å². The van der Waals surface area contributed by atoms with Crippen molar-refractivity contribution in [2.75, 3.05) is 38.2 Å². The van der Waals surface area contributed by atoms with E-state index in [1.165, 1.54) is 0 Å². The number of nitrogens with zero attached hydrogens (tertiary/aromatic N) is 2. The first-order valence-electron chi connectivity index (χ1n) is 8.35. The maximum absolute atomic E-state index is 12.3. The topological polar surface area (TPSA) is 91.0 Å². The lowest BCUT2D eigenvalue weighted by Crippen LogP contribution is -2.49. The molecule has 4 amide bonds. The van der Waals surface area contributed by atoms with Gasteiger partial charge in [-0.15, -0.1) is 0 Å². The van der Waals surface area contributed by atoms with Gasteiger partial charge in [0.2, 0.25) is 5.91 Å². The zero-order chi connectivity index (χ0) is 17.8. The van der Waals surface area contributed by atoms with E-state index in [-0.39, 0.29) is 18.2 Å². The Morgan fingerprint density at radius 2 is 1.92 bits per heavy atom. The minimum atomic E-state index is -0.605. The number of nitrogens with one attached hydrogen (secondary N) is 2. The zero-order valence-electron chi connectivity index (χ0n) is 14.2. The van der Waals surface area contributed by atoms with Gasteiger partial charge < -0.3 is 19.9 Å². The van der Waals surface area contributed by atoms with Gasteiger partial charge in [0, 0.05) is 32.6 Å². The van der Waals surface area contributed by atoms with Crippen LogP contribution in [0.3, 0.4) is 0 Å². The minimum absolute atomic E-state index is 0.00799. The second kappa shape index (κ2) is 7.42. The predicted molar refractivity (Wildman–Crippen MR) is 91.5 cm³/mol. The number of methoxy groups -OCH3 is 1. The Labute approximate surface area is 146 Å². The lowest BCUT2D eigenvalue weighted by molar-refractivity contribution is -0.131. The van der Waals surface area contributed by atoms with Crippen LogP contribution < -0.4 is 20.3 Å². The highest BCUT2D eigenvalue weighted by Gasteiger charge is 2.30. The van der Waals surface area contributed by atoms with Crippen molar-refractivity contribution in [3.8, 4) is 5.75 Å². The number of anilines is 1. The molecule has 2 aliphatic rings. The highest BCUT2D eigenvalue weighted by atomic mass is 16.5. The van der Waals surface area contributed by atoms with Gasteiger partial charge in [-0.3, -0.25) is 14.9 Å². The molecule has 2 saturated heterocycles. The molecule has 3 rings (SSSR count). The third-order valence-corrected chi connectivity index (χ3v) is 4.56. The summed E-state index contributed by atoms with van der Waals surface area (Å²) in [4.78, 5) is 38.9. The van der Waals surface area contributed by atoms with Gasteiger partial charge >= 0.3 is 6.03 Å². The first-order valence-corrected chi connectivity index (χ1v) is 8.35. The van der Waals surface area contributed by atoms with Crippen LogP contribution in [0.5, 0.6) is 5.75 Å². The zero-order valence-corrected chi connectivity index (χ0v) is 14.2. The Morgan fingerprint density at radius 1 is 1.20 bits per heavy atom. The number of piperazine rings is 1. The van der Waals surface area contributed by atoms with Crippen LogP contribution in [0.4, 0.5) is 10.5 Å². The van der Waals surface area contributed by atoms with Crippen LogP contribution in [-0.2, 0) is 9.59 Å². The number of rotatable bonds is 5. The second-order valence-corrected chi connectivity index (χ2v) is 6.09. The minimum Gasteiger partial charge on any atom is -0.495 e. The largest absolute Gasteiger partial charge is 0.495 e. The SMILES string of the molecule is COc1ccccc1N1CCN(C(=O)CC[C@H]2NC(=O)NC2=O)CC1. The van der Waals surface area contributed by atoms with Crippen molar-refractivity contribution >= 4 is 23.5 Å². The monoisotopic (exact) mass is 346 g/mol. The molecule has 2 heterocycles. The van der Waals surface area contributed by atoms with Gasteiger partial charge in [0.05, 0.1) is 12.8 Å². The molecule has 134 valence electrons. The molecule has 25 heavy (non-hydrogen) atoms. The fourth-order valence-electron chi connectivity index (χ4n) is 3.18. The fourth-order valence-corrected chi connectivity index (χ4v) is 3.18. The molecular weight excluding hydrogens is 324 g/mol. The first-order chi connectivity index (χ1) is 12.1. The molecule has 0 unspecified atom stereocenters. The predicted octanol–water partition coefficient (Wildman–Crippen LogP) is 0.332. The highest BCUT2D eigenvalue weighted by Crippen LogP contribution is 2.28. The van der Waals surface area contributed by atoms with Crippen LogP contribution in [0.25, 0.3) is 0 Å². The van der Waals surface area contributed by atoms with E-state index in [0.29, 0.717) is 19.5 Å². The van der Waals surface area contributed by atoms with Crippen molar-refractivity contribution in [1.29, 1.82) is 0 Å². The maximum Gasteiger partial charge on any atom is 0.322 e. The summed E-state index contributed by atoms with van der Waals surface area (Å²) in [5, 5.41) is 4.68. The van der Waals surface area contributed by atoms with E-state index in [1.54, 1.807) is 12.0 Å². The van der Waals surface area contributed by atoms with Gasteiger partial charge in [0.25, 0.3) is 5.91 Å². The van der Waals surface area contributed by atoms with E-state index in [0.717, 1.165) is 24.5 Å². The van der Waals surface area contributed by atoms with E-state index < -0.39 is 12.1 Å². The van der Waals surface area contributed by atoms with E-state index in [4.69, 9.17) is 4.74 Å². The molecule has 2 aliphatic heterocycles. The van der Waals surface area contributed by atoms with Crippen molar-refractivity contribution in [1.82, 2.24) is 15.5 Å². The molecule has 0 radical (unpaired) electrons. The van der Waals surface area contributed by atoms with Crippen molar-refractivity contribution in [3.05, 3.63) is 24.3 Å². The Hall–Kier alpha value is -2.77. The molecule has 8 heteroatoms. The lowest BCUT2D eigenvalue weighted by atomic mass is 10.1. The molecular formula is C17H22N4O4. The molecule has 1 aromatic rings. The number of carbonyl (C=O) groups excluding carboxylic acids is 3. The molecule has 0 spiro atoms. The molecule has 2 N–H and O–H groups in total. The van der Waals surface area contributed by atoms with E-state index in [9.17, 15) is 14.4 Å². The summed E-state index contributed by atoms with van der Waals surface area (Å²) in [6.45, 7) is 2.71. The summed E-state index contributed by atoms with van der Waals surface area (Å²) in [5.41, 5.74) is 1.03. The van der Waals surface area contributed by atoms with Crippen molar-refractivity contribution in [3.63, 3.8) is 0 Å². The number of para-hydroxylation sites is 2. The Kier molecular flexibility index (Phi) is 5.06. The third kappa shape index (κ3) is 3.84. The number of hydrogen-bond donors (Lipinski definition) is 2. The number of ether oxygens (including phenoxy) is 1. The fraction of sp³-hybridized carbons (Fsp3) is 0.471. The molecule has 2 fully saturated rings. The standard InChI is InChI=1S/C17H22N4O4/c1-25-14-5-3-2-4-13(14)20-8-10-21(11-9-20)15(22)7-6-12-16(23)19-17(24)18-12/h2-5,12H,6-11H2,1H3,(H2,18,19,23,24)/t12-/m1/s1. The van der Waals surface area contributed by atoms with Gasteiger partial charge in [-0.1, -0.05) is 12.1 Å². The quantitative estimate of drug-likeness (QED) is 0.750. The molecule has 0 aromatic heterocycles. The van der Waals surface area contributed by atoms with Gasteiger partial charge in [-0.25, -0.2) is 4.79 Å². The molecule has 0 saturated carbocycles. The maximum atomic E-state index is 12.3.